The highest BCUT2D eigenvalue weighted by Gasteiger charge is 2.18. The normalized spacial score (nSPS) is 20.6. The Balaban J connectivity index is 2.31. The van der Waals surface area contributed by atoms with E-state index in [1.807, 2.05) is 0 Å². The van der Waals surface area contributed by atoms with Crippen LogP contribution in [0.25, 0.3) is 0 Å². The van der Waals surface area contributed by atoms with Crippen molar-refractivity contribution in [2.45, 2.75) is 38.1 Å². The van der Waals surface area contributed by atoms with Crippen molar-refractivity contribution < 1.29 is 4.74 Å². The molecule has 0 radical (unpaired) electrons. The molecule has 0 aromatic heterocycles. The van der Waals surface area contributed by atoms with E-state index in [0.717, 1.165) is 12.2 Å². The molecule has 0 spiro atoms. The summed E-state index contributed by atoms with van der Waals surface area (Å²) in [5.41, 5.74) is 2.91. The quantitative estimate of drug-likeness (QED) is 0.779. The zero-order valence-electron chi connectivity index (χ0n) is 11.2. The van der Waals surface area contributed by atoms with E-state index in [9.17, 15) is 0 Å². The van der Waals surface area contributed by atoms with Crippen LogP contribution in [0, 0.1) is 0 Å². The van der Waals surface area contributed by atoms with Gasteiger partial charge in [0.15, 0.2) is 0 Å². The van der Waals surface area contributed by atoms with Gasteiger partial charge in [0.2, 0.25) is 0 Å². The number of methoxy groups -OCH3 is 1. The summed E-state index contributed by atoms with van der Waals surface area (Å²) in [4.78, 5) is 2.36. The lowest BCUT2D eigenvalue weighted by Gasteiger charge is -2.28. The fourth-order valence-electron chi connectivity index (χ4n) is 2.76. The molecule has 2 heteroatoms. The van der Waals surface area contributed by atoms with Gasteiger partial charge in [-0.1, -0.05) is 18.6 Å². The lowest BCUT2D eigenvalue weighted by molar-refractivity contribution is 0.266. The molecule has 1 aliphatic carbocycles. The number of hydrogen-bond donors (Lipinski definition) is 0. The second-order valence-corrected chi connectivity index (χ2v) is 5.17. The third-order valence-electron chi connectivity index (χ3n) is 3.85. The van der Waals surface area contributed by atoms with Crippen molar-refractivity contribution in [1.29, 1.82) is 0 Å². The molecule has 2 rings (SSSR count). The summed E-state index contributed by atoms with van der Waals surface area (Å²) in [6.07, 6.45) is 6.22. The average Bonchev–Trinajstić information content (AvgIpc) is 2.28. The van der Waals surface area contributed by atoms with Crippen LogP contribution in [0.2, 0.25) is 0 Å². The fraction of sp³-hybridized carbons (Fsp3) is 0.600. The Morgan fingerprint density at radius 1 is 1.24 bits per heavy atom. The van der Waals surface area contributed by atoms with Gasteiger partial charge in [-0.15, -0.1) is 0 Å². The van der Waals surface area contributed by atoms with Gasteiger partial charge in [-0.25, -0.2) is 0 Å². The van der Waals surface area contributed by atoms with Gasteiger partial charge in [-0.3, -0.25) is 0 Å². The van der Waals surface area contributed by atoms with Crippen LogP contribution >= 0.6 is 0 Å². The zero-order valence-corrected chi connectivity index (χ0v) is 11.2. The Morgan fingerprint density at radius 2 is 2.06 bits per heavy atom. The first kappa shape index (κ1) is 12.4. The molecule has 1 unspecified atom stereocenters. The smallest absolute Gasteiger partial charge is 0.122 e. The summed E-state index contributed by atoms with van der Waals surface area (Å²) >= 11 is 0. The highest BCUT2D eigenvalue weighted by atomic mass is 16.5. The van der Waals surface area contributed by atoms with E-state index in [2.05, 4.69) is 37.2 Å². The number of nitrogens with zero attached hydrogens (tertiary/aromatic N) is 1. The predicted octanol–water partition coefficient (Wildman–Crippen LogP) is 2.89. The number of rotatable bonds is 2. The molecule has 1 aromatic carbocycles. The molecule has 1 aromatic rings. The Bertz CT molecular complexity index is 373. The minimum atomic E-state index is 0.668. The fourth-order valence-corrected chi connectivity index (χ4v) is 2.76. The number of benzene rings is 1. The molecule has 0 N–H and O–H groups in total. The van der Waals surface area contributed by atoms with Gasteiger partial charge in [-0.2, -0.15) is 0 Å². The maximum absolute atomic E-state index is 5.49. The van der Waals surface area contributed by atoms with Crippen LogP contribution in [0.3, 0.4) is 0 Å². The van der Waals surface area contributed by atoms with Crippen LogP contribution in [0.15, 0.2) is 18.2 Å². The van der Waals surface area contributed by atoms with Crippen molar-refractivity contribution in [2.75, 3.05) is 21.2 Å². The van der Waals surface area contributed by atoms with Crippen LogP contribution in [0.1, 0.15) is 30.4 Å². The lowest BCUT2D eigenvalue weighted by atomic mass is 9.89. The maximum Gasteiger partial charge on any atom is 0.122 e. The second-order valence-electron chi connectivity index (χ2n) is 5.17. The molecule has 0 saturated carbocycles. The highest BCUT2D eigenvalue weighted by molar-refractivity contribution is 5.41. The molecule has 0 bridgehead atoms. The second kappa shape index (κ2) is 5.54. The first-order valence-corrected chi connectivity index (χ1v) is 6.53. The van der Waals surface area contributed by atoms with Crippen molar-refractivity contribution in [3.05, 3.63) is 29.3 Å². The van der Waals surface area contributed by atoms with Crippen LogP contribution in [-0.2, 0) is 12.8 Å². The number of fused-ring (bicyclic) bond motifs is 1. The van der Waals surface area contributed by atoms with Crippen LogP contribution in [-0.4, -0.2) is 32.1 Å². The first-order chi connectivity index (χ1) is 8.22. The van der Waals surface area contributed by atoms with Gasteiger partial charge < -0.3 is 9.64 Å². The molecule has 0 saturated heterocycles. The molecule has 17 heavy (non-hydrogen) atoms. The molecule has 1 aliphatic rings. The standard InChI is InChI=1S/C15H23NO/c1-16(2)13-8-4-5-9-14-12(11-13)7-6-10-15(14)17-3/h6-7,10,13H,4-5,8-9,11H2,1-3H3. The Labute approximate surface area is 105 Å². The molecule has 0 heterocycles. The van der Waals surface area contributed by atoms with E-state index >= 15 is 0 Å². The van der Waals surface area contributed by atoms with Crippen molar-refractivity contribution in [3.63, 3.8) is 0 Å². The van der Waals surface area contributed by atoms with Gasteiger partial charge in [0.05, 0.1) is 7.11 Å². The van der Waals surface area contributed by atoms with Gasteiger partial charge in [0.1, 0.15) is 5.75 Å². The minimum absolute atomic E-state index is 0.668. The van der Waals surface area contributed by atoms with Crippen LogP contribution in [0.4, 0.5) is 0 Å². The van der Waals surface area contributed by atoms with Crippen molar-refractivity contribution in [2.24, 2.45) is 0 Å². The van der Waals surface area contributed by atoms with Crippen molar-refractivity contribution in [1.82, 2.24) is 4.90 Å². The van der Waals surface area contributed by atoms with E-state index in [-0.39, 0.29) is 0 Å². The SMILES string of the molecule is COc1cccc2c1CCCCC(N(C)C)C2. The topological polar surface area (TPSA) is 12.5 Å². The summed E-state index contributed by atoms with van der Waals surface area (Å²) < 4.78 is 5.49. The Hall–Kier alpha value is -1.02. The van der Waals surface area contributed by atoms with Crippen LogP contribution < -0.4 is 4.74 Å². The molecule has 94 valence electrons. The van der Waals surface area contributed by atoms with E-state index in [0.29, 0.717) is 6.04 Å². The molecular formula is C15H23NO. The maximum atomic E-state index is 5.49. The van der Waals surface area contributed by atoms with Gasteiger partial charge in [0.25, 0.3) is 0 Å². The monoisotopic (exact) mass is 233 g/mol. The third kappa shape index (κ3) is 2.81. The summed E-state index contributed by atoms with van der Waals surface area (Å²) in [6, 6.07) is 7.14. The summed E-state index contributed by atoms with van der Waals surface area (Å²) in [5.74, 6) is 1.07. The van der Waals surface area contributed by atoms with Gasteiger partial charge >= 0.3 is 0 Å². The molecule has 1 atom stereocenters. The molecule has 0 amide bonds. The largest absolute Gasteiger partial charge is 0.496 e. The first-order valence-electron chi connectivity index (χ1n) is 6.53. The lowest BCUT2D eigenvalue weighted by Crippen LogP contribution is -2.31. The van der Waals surface area contributed by atoms with Crippen LogP contribution in [0.5, 0.6) is 5.75 Å². The Morgan fingerprint density at radius 3 is 2.76 bits per heavy atom. The minimum Gasteiger partial charge on any atom is -0.496 e. The zero-order chi connectivity index (χ0) is 12.3. The number of likely N-dealkylation sites (N-methyl/N-ethyl adjacent to an activating group) is 1. The number of hydrogen-bond acceptors (Lipinski definition) is 2. The summed E-state index contributed by atoms with van der Waals surface area (Å²) in [7, 11) is 6.15. The summed E-state index contributed by atoms with van der Waals surface area (Å²) in [6.45, 7) is 0. The van der Waals surface area contributed by atoms with Gasteiger partial charge in [0, 0.05) is 6.04 Å². The van der Waals surface area contributed by atoms with E-state index in [1.54, 1.807) is 7.11 Å². The molecular weight excluding hydrogens is 210 g/mol. The number of ether oxygens (including phenoxy) is 1. The van der Waals surface area contributed by atoms with Crippen molar-refractivity contribution >= 4 is 0 Å². The van der Waals surface area contributed by atoms with E-state index in [1.165, 1.54) is 36.8 Å². The van der Waals surface area contributed by atoms with E-state index in [4.69, 9.17) is 4.74 Å². The molecule has 2 nitrogen and oxygen atoms in total. The highest BCUT2D eigenvalue weighted by Crippen LogP contribution is 2.29. The third-order valence-corrected chi connectivity index (χ3v) is 3.85. The Kier molecular flexibility index (Phi) is 4.06. The molecule has 0 aliphatic heterocycles. The summed E-state index contributed by atoms with van der Waals surface area (Å²) in [5, 5.41) is 0. The molecule has 0 fully saturated rings. The van der Waals surface area contributed by atoms with E-state index < -0.39 is 0 Å². The van der Waals surface area contributed by atoms with Crippen molar-refractivity contribution in [3.8, 4) is 5.75 Å². The van der Waals surface area contributed by atoms with Gasteiger partial charge in [-0.05, 0) is 57.0 Å². The average molecular weight is 233 g/mol. The predicted molar refractivity (Wildman–Crippen MR) is 71.7 cm³/mol.